The van der Waals surface area contributed by atoms with Gasteiger partial charge in [0, 0.05) is 35.2 Å². The number of halogens is 5. The van der Waals surface area contributed by atoms with Crippen LogP contribution in [-0.2, 0) is 19.0 Å². The number of hydrogen-bond donors (Lipinski definition) is 0. The molecule has 0 unspecified atom stereocenters. The monoisotopic (exact) mass is 600 g/mol. The zero-order chi connectivity index (χ0) is 31.3. The third-order valence-electron chi connectivity index (χ3n) is 7.23. The SMILES string of the molecule is CC=CCCc1cnc(-c2ccc(-c3ccc(-c4ccc(C(F)(F)Oc5ccc(CC)c(F)c5)cc4)c(F)c3)c(F)c2)nc1. The second kappa shape index (κ2) is 13.2. The van der Waals surface area contributed by atoms with E-state index in [9.17, 15) is 13.2 Å². The fourth-order valence-electron chi connectivity index (χ4n) is 4.78. The van der Waals surface area contributed by atoms with Gasteiger partial charge in [-0.15, -0.1) is 0 Å². The summed E-state index contributed by atoms with van der Waals surface area (Å²) >= 11 is 0. The van der Waals surface area contributed by atoms with Crippen molar-refractivity contribution in [3.63, 3.8) is 0 Å². The van der Waals surface area contributed by atoms with Crippen molar-refractivity contribution in [1.82, 2.24) is 9.97 Å². The molecule has 5 rings (SSSR count). The van der Waals surface area contributed by atoms with Gasteiger partial charge in [-0.05, 0) is 78.8 Å². The largest absolute Gasteiger partial charge is 0.429 e. The molecular weight excluding hydrogens is 571 g/mol. The number of aromatic nitrogens is 2. The maximum absolute atomic E-state index is 15.2. The number of allylic oxidation sites excluding steroid dienone is 2. The fraction of sp³-hybridized carbons (Fsp3) is 0.167. The highest BCUT2D eigenvalue weighted by Gasteiger charge is 2.34. The van der Waals surface area contributed by atoms with E-state index in [1.165, 1.54) is 42.5 Å². The average molecular weight is 601 g/mol. The van der Waals surface area contributed by atoms with E-state index < -0.39 is 29.1 Å². The summed E-state index contributed by atoms with van der Waals surface area (Å²) in [6, 6.07) is 17.3. The predicted molar refractivity (Wildman–Crippen MR) is 162 cm³/mol. The van der Waals surface area contributed by atoms with Crippen LogP contribution in [0.25, 0.3) is 33.6 Å². The lowest BCUT2D eigenvalue weighted by Crippen LogP contribution is -2.21. The molecule has 0 N–H and O–H groups in total. The van der Waals surface area contributed by atoms with Crippen LogP contribution >= 0.6 is 0 Å². The lowest BCUT2D eigenvalue weighted by Gasteiger charge is -2.19. The number of alkyl halides is 2. The summed E-state index contributed by atoms with van der Waals surface area (Å²) in [6.45, 7) is 3.72. The molecule has 4 aromatic carbocycles. The molecule has 0 saturated carbocycles. The maximum Gasteiger partial charge on any atom is 0.426 e. The Morgan fingerprint density at radius 2 is 1.34 bits per heavy atom. The van der Waals surface area contributed by atoms with Gasteiger partial charge in [0.15, 0.2) is 5.82 Å². The normalized spacial score (nSPS) is 11.7. The average Bonchev–Trinajstić information content (AvgIpc) is 3.01. The molecule has 0 spiro atoms. The van der Waals surface area contributed by atoms with Crippen LogP contribution in [0.1, 0.15) is 37.0 Å². The molecule has 0 saturated heterocycles. The van der Waals surface area contributed by atoms with E-state index in [0.717, 1.165) is 36.6 Å². The number of benzene rings is 4. The van der Waals surface area contributed by atoms with Gasteiger partial charge in [-0.2, -0.15) is 8.78 Å². The van der Waals surface area contributed by atoms with Gasteiger partial charge in [0.1, 0.15) is 23.2 Å². The lowest BCUT2D eigenvalue weighted by molar-refractivity contribution is -0.185. The highest BCUT2D eigenvalue weighted by molar-refractivity contribution is 5.73. The van der Waals surface area contributed by atoms with Crippen molar-refractivity contribution in [1.29, 1.82) is 0 Å². The number of ether oxygens (including phenoxy) is 1. The third-order valence-corrected chi connectivity index (χ3v) is 7.23. The van der Waals surface area contributed by atoms with Crippen LogP contribution in [0.15, 0.2) is 103 Å². The molecule has 8 heteroatoms. The molecule has 224 valence electrons. The van der Waals surface area contributed by atoms with E-state index >= 15 is 8.78 Å². The van der Waals surface area contributed by atoms with Gasteiger partial charge in [0.25, 0.3) is 0 Å². The Hall–Kier alpha value is -4.85. The molecule has 0 aliphatic carbocycles. The number of hydrogen-bond acceptors (Lipinski definition) is 3. The first-order valence-corrected chi connectivity index (χ1v) is 14.2. The van der Waals surface area contributed by atoms with E-state index in [2.05, 4.69) is 16.0 Å². The van der Waals surface area contributed by atoms with E-state index in [1.807, 2.05) is 13.0 Å². The van der Waals surface area contributed by atoms with Gasteiger partial charge in [-0.25, -0.2) is 23.1 Å². The first-order valence-electron chi connectivity index (χ1n) is 14.2. The van der Waals surface area contributed by atoms with Crippen LogP contribution in [0, 0.1) is 17.5 Å². The minimum Gasteiger partial charge on any atom is -0.429 e. The maximum atomic E-state index is 15.2. The smallest absolute Gasteiger partial charge is 0.426 e. The molecule has 0 aliphatic heterocycles. The van der Waals surface area contributed by atoms with Gasteiger partial charge in [0.2, 0.25) is 0 Å². The zero-order valence-electron chi connectivity index (χ0n) is 24.1. The Kier molecular flexibility index (Phi) is 9.18. The van der Waals surface area contributed by atoms with Crippen molar-refractivity contribution >= 4 is 0 Å². The van der Waals surface area contributed by atoms with E-state index in [0.29, 0.717) is 34.5 Å². The highest BCUT2D eigenvalue weighted by atomic mass is 19.3. The van der Waals surface area contributed by atoms with Crippen molar-refractivity contribution in [2.24, 2.45) is 0 Å². The standard InChI is InChI=1S/C36H29F5N2O/c1-3-5-6-7-23-21-42-35(43-22-23)27-12-17-31(34(39)19-27)26-11-16-30(33(38)18-26)25-8-13-28(14-9-25)36(40,41)44-29-15-10-24(4-2)32(37)20-29/h3,5,8-22H,4,6-7H2,1-2H3. The van der Waals surface area contributed by atoms with Crippen LogP contribution in [0.4, 0.5) is 22.0 Å². The van der Waals surface area contributed by atoms with Crippen molar-refractivity contribution in [2.45, 2.75) is 39.2 Å². The Morgan fingerprint density at radius 3 is 1.95 bits per heavy atom. The minimum atomic E-state index is -3.75. The molecule has 1 heterocycles. The summed E-state index contributed by atoms with van der Waals surface area (Å²) < 4.78 is 78.7. The summed E-state index contributed by atoms with van der Waals surface area (Å²) in [6.07, 6.45) is 5.85. The molecule has 0 radical (unpaired) electrons. The number of rotatable bonds is 10. The van der Waals surface area contributed by atoms with Crippen LogP contribution < -0.4 is 4.74 Å². The fourth-order valence-corrected chi connectivity index (χ4v) is 4.78. The molecule has 3 nitrogen and oxygen atoms in total. The van der Waals surface area contributed by atoms with Crippen molar-refractivity contribution in [3.8, 4) is 39.4 Å². The molecular formula is C36H29F5N2O. The van der Waals surface area contributed by atoms with E-state index in [1.54, 1.807) is 37.5 Å². The summed E-state index contributed by atoms with van der Waals surface area (Å²) in [7, 11) is 0. The molecule has 0 aliphatic rings. The number of aryl methyl sites for hydroxylation is 2. The highest BCUT2D eigenvalue weighted by Crippen LogP contribution is 2.35. The number of nitrogens with zero attached hydrogens (tertiary/aromatic N) is 2. The predicted octanol–water partition coefficient (Wildman–Crippen LogP) is 10.1. The van der Waals surface area contributed by atoms with Crippen LogP contribution in [0.5, 0.6) is 5.75 Å². The van der Waals surface area contributed by atoms with E-state index in [-0.39, 0.29) is 16.9 Å². The summed E-state index contributed by atoms with van der Waals surface area (Å²) in [5.74, 6) is -1.76. The van der Waals surface area contributed by atoms with Crippen molar-refractivity contribution in [3.05, 3.63) is 138 Å². The quantitative estimate of drug-likeness (QED) is 0.118. The molecule has 0 amide bonds. The topological polar surface area (TPSA) is 35.0 Å². The van der Waals surface area contributed by atoms with Gasteiger partial charge in [-0.1, -0.05) is 61.5 Å². The Bertz CT molecular complexity index is 1780. The molecule has 44 heavy (non-hydrogen) atoms. The summed E-state index contributed by atoms with van der Waals surface area (Å²) in [5, 5.41) is 0. The van der Waals surface area contributed by atoms with Gasteiger partial charge in [0.05, 0.1) is 5.56 Å². The van der Waals surface area contributed by atoms with Crippen LogP contribution in [0.2, 0.25) is 0 Å². The summed E-state index contributed by atoms with van der Waals surface area (Å²) in [5.41, 5.74) is 2.39. The molecule has 1 aromatic heterocycles. The van der Waals surface area contributed by atoms with Crippen LogP contribution in [-0.4, -0.2) is 9.97 Å². The van der Waals surface area contributed by atoms with Gasteiger partial charge in [-0.3, -0.25) is 0 Å². The Morgan fingerprint density at radius 1 is 0.727 bits per heavy atom. The van der Waals surface area contributed by atoms with E-state index in [4.69, 9.17) is 4.74 Å². The molecule has 0 atom stereocenters. The van der Waals surface area contributed by atoms with Gasteiger partial charge < -0.3 is 4.74 Å². The third kappa shape index (κ3) is 6.86. The first kappa shape index (κ1) is 30.6. The zero-order valence-corrected chi connectivity index (χ0v) is 24.1. The van der Waals surface area contributed by atoms with Crippen LogP contribution in [0.3, 0.4) is 0 Å². The molecule has 0 fully saturated rings. The molecule has 0 bridgehead atoms. The molecule has 5 aromatic rings. The second-order valence-electron chi connectivity index (χ2n) is 10.2. The first-order chi connectivity index (χ1) is 21.2. The van der Waals surface area contributed by atoms with Crippen molar-refractivity contribution < 1.29 is 26.7 Å². The van der Waals surface area contributed by atoms with Gasteiger partial charge >= 0.3 is 6.11 Å². The van der Waals surface area contributed by atoms with Crippen molar-refractivity contribution in [2.75, 3.05) is 0 Å². The Balaban J connectivity index is 1.31. The second-order valence-corrected chi connectivity index (χ2v) is 10.2. The minimum absolute atomic E-state index is 0.154. The summed E-state index contributed by atoms with van der Waals surface area (Å²) in [4.78, 5) is 8.70. The lowest BCUT2D eigenvalue weighted by atomic mass is 9.97. The Labute approximate surface area is 252 Å².